The van der Waals surface area contributed by atoms with Crippen molar-refractivity contribution in [2.24, 2.45) is 0 Å². The molecule has 2 N–H and O–H groups in total. The predicted octanol–water partition coefficient (Wildman–Crippen LogP) is 1.95. The van der Waals surface area contributed by atoms with Gasteiger partial charge in [0, 0.05) is 5.39 Å². The van der Waals surface area contributed by atoms with Crippen LogP contribution in [0.15, 0.2) is 48.5 Å². The summed E-state index contributed by atoms with van der Waals surface area (Å²) in [6.07, 6.45) is 0. The van der Waals surface area contributed by atoms with Crippen molar-refractivity contribution in [3.63, 3.8) is 0 Å². The second-order valence-electron chi connectivity index (χ2n) is 4.41. The van der Waals surface area contributed by atoms with Crippen LogP contribution in [0.5, 0.6) is 0 Å². The first-order valence-electron chi connectivity index (χ1n) is 6.16. The molecule has 0 saturated heterocycles. The van der Waals surface area contributed by atoms with Gasteiger partial charge in [0.25, 0.3) is 0 Å². The van der Waals surface area contributed by atoms with Crippen LogP contribution in [0.25, 0.3) is 27.8 Å². The first-order chi connectivity index (χ1) is 9.83. The van der Waals surface area contributed by atoms with Gasteiger partial charge in [-0.15, -0.1) is 5.10 Å². The molecular weight excluding hydrogens is 252 g/mol. The largest absolute Gasteiger partial charge is 0.368 e. The van der Waals surface area contributed by atoms with Gasteiger partial charge in [0.05, 0.1) is 11.0 Å². The van der Waals surface area contributed by atoms with Crippen LogP contribution < -0.4 is 5.73 Å². The van der Waals surface area contributed by atoms with Crippen LogP contribution in [0.1, 0.15) is 0 Å². The SMILES string of the molecule is Nc1nc(-n2nnc3ccccc32)c2ccccc2n1. The van der Waals surface area contributed by atoms with E-state index in [0.717, 1.165) is 21.9 Å². The molecule has 20 heavy (non-hydrogen) atoms. The van der Waals surface area contributed by atoms with Gasteiger partial charge in [0.2, 0.25) is 5.95 Å². The van der Waals surface area contributed by atoms with E-state index in [-0.39, 0.29) is 5.95 Å². The first kappa shape index (κ1) is 10.9. The molecule has 0 aliphatic heterocycles. The minimum atomic E-state index is 0.221. The van der Waals surface area contributed by atoms with Crippen molar-refractivity contribution in [1.82, 2.24) is 25.0 Å². The Morgan fingerprint density at radius 1 is 0.850 bits per heavy atom. The topological polar surface area (TPSA) is 82.5 Å². The van der Waals surface area contributed by atoms with Gasteiger partial charge in [-0.1, -0.05) is 29.5 Å². The maximum absolute atomic E-state index is 5.79. The number of hydrogen-bond donors (Lipinski definition) is 1. The number of rotatable bonds is 1. The Bertz CT molecular complexity index is 927. The summed E-state index contributed by atoms with van der Waals surface area (Å²) in [5, 5.41) is 9.21. The molecule has 6 heteroatoms. The number of hydrogen-bond acceptors (Lipinski definition) is 5. The Balaban J connectivity index is 2.12. The van der Waals surface area contributed by atoms with Crippen molar-refractivity contribution in [2.45, 2.75) is 0 Å². The minimum absolute atomic E-state index is 0.221. The maximum atomic E-state index is 5.79. The normalized spacial score (nSPS) is 11.2. The van der Waals surface area contributed by atoms with Crippen molar-refractivity contribution in [1.29, 1.82) is 0 Å². The van der Waals surface area contributed by atoms with Crippen LogP contribution >= 0.6 is 0 Å². The third-order valence-corrected chi connectivity index (χ3v) is 3.15. The molecule has 4 rings (SSSR count). The Hall–Kier alpha value is -3.02. The number of nitrogens with zero attached hydrogens (tertiary/aromatic N) is 5. The summed E-state index contributed by atoms with van der Waals surface area (Å²) in [5.41, 5.74) is 8.28. The van der Waals surface area contributed by atoms with E-state index in [1.165, 1.54) is 0 Å². The molecule has 96 valence electrons. The number of anilines is 1. The summed E-state index contributed by atoms with van der Waals surface area (Å²) in [4.78, 5) is 8.55. The van der Waals surface area contributed by atoms with E-state index >= 15 is 0 Å². The molecule has 0 unspecified atom stereocenters. The van der Waals surface area contributed by atoms with Crippen LogP contribution in [0.4, 0.5) is 5.95 Å². The van der Waals surface area contributed by atoms with Crippen molar-refractivity contribution < 1.29 is 0 Å². The molecule has 2 aromatic heterocycles. The first-order valence-corrected chi connectivity index (χ1v) is 6.16. The third-order valence-electron chi connectivity index (χ3n) is 3.15. The monoisotopic (exact) mass is 262 g/mol. The molecule has 2 heterocycles. The average Bonchev–Trinajstić information content (AvgIpc) is 2.90. The number of benzene rings is 2. The summed E-state index contributed by atoms with van der Waals surface area (Å²) < 4.78 is 1.69. The highest BCUT2D eigenvalue weighted by molar-refractivity contribution is 5.88. The molecule has 6 nitrogen and oxygen atoms in total. The van der Waals surface area contributed by atoms with Crippen molar-refractivity contribution >= 4 is 27.9 Å². The van der Waals surface area contributed by atoms with Gasteiger partial charge in [0.1, 0.15) is 5.52 Å². The molecule has 0 atom stereocenters. The van der Waals surface area contributed by atoms with Gasteiger partial charge < -0.3 is 5.73 Å². The number of aromatic nitrogens is 5. The highest BCUT2D eigenvalue weighted by atomic mass is 15.4. The van der Waals surface area contributed by atoms with Gasteiger partial charge in [-0.25, -0.2) is 4.98 Å². The van der Waals surface area contributed by atoms with Crippen molar-refractivity contribution in [3.8, 4) is 5.82 Å². The number of nitrogen functional groups attached to an aromatic ring is 1. The van der Waals surface area contributed by atoms with Gasteiger partial charge in [-0.3, -0.25) is 0 Å². The molecule has 0 fully saturated rings. The summed E-state index contributed by atoms with van der Waals surface area (Å²) >= 11 is 0. The lowest BCUT2D eigenvalue weighted by molar-refractivity contribution is 0.806. The van der Waals surface area contributed by atoms with E-state index in [1.54, 1.807) is 4.68 Å². The van der Waals surface area contributed by atoms with Crippen LogP contribution in [0, 0.1) is 0 Å². The molecule has 0 bridgehead atoms. The average molecular weight is 262 g/mol. The molecule has 4 aromatic rings. The standard InChI is InChI=1S/C14H10N6/c15-14-16-10-6-2-1-5-9(10)13(17-14)20-12-8-4-3-7-11(12)18-19-20/h1-8H,(H2,15,16,17). The molecule has 0 spiro atoms. The number of fused-ring (bicyclic) bond motifs is 2. The highest BCUT2D eigenvalue weighted by Gasteiger charge is 2.12. The molecule has 0 radical (unpaired) electrons. The van der Waals surface area contributed by atoms with E-state index < -0.39 is 0 Å². The second kappa shape index (κ2) is 3.99. The zero-order chi connectivity index (χ0) is 13.5. The molecular formula is C14H10N6. The minimum Gasteiger partial charge on any atom is -0.368 e. The van der Waals surface area contributed by atoms with E-state index in [9.17, 15) is 0 Å². The molecule has 0 aliphatic rings. The quantitative estimate of drug-likeness (QED) is 0.567. The molecule has 2 aromatic carbocycles. The fraction of sp³-hybridized carbons (Fsp3) is 0. The van der Waals surface area contributed by atoms with Crippen LogP contribution in [-0.2, 0) is 0 Å². The fourth-order valence-corrected chi connectivity index (χ4v) is 2.26. The van der Waals surface area contributed by atoms with Crippen LogP contribution in [0.3, 0.4) is 0 Å². The van der Waals surface area contributed by atoms with Gasteiger partial charge in [-0.2, -0.15) is 9.67 Å². The van der Waals surface area contributed by atoms with E-state index in [2.05, 4.69) is 20.3 Å². The summed E-state index contributed by atoms with van der Waals surface area (Å²) in [6, 6.07) is 15.4. The van der Waals surface area contributed by atoms with Crippen LogP contribution in [-0.4, -0.2) is 25.0 Å². The molecule has 0 aliphatic carbocycles. The number of para-hydroxylation sites is 2. The lowest BCUT2D eigenvalue weighted by atomic mass is 10.2. The lowest BCUT2D eigenvalue weighted by Crippen LogP contribution is -2.05. The molecule has 0 amide bonds. The summed E-state index contributed by atoms with van der Waals surface area (Å²) in [7, 11) is 0. The van der Waals surface area contributed by atoms with Crippen molar-refractivity contribution in [3.05, 3.63) is 48.5 Å². The Labute approximate surface area is 113 Å². The van der Waals surface area contributed by atoms with Gasteiger partial charge in [-0.05, 0) is 24.3 Å². The van der Waals surface area contributed by atoms with Gasteiger partial charge >= 0.3 is 0 Å². The van der Waals surface area contributed by atoms with E-state index in [4.69, 9.17) is 5.73 Å². The second-order valence-corrected chi connectivity index (χ2v) is 4.41. The Morgan fingerprint density at radius 2 is 1.60 bits per heavy atom. The number of nitrogens with two attached hydrogens (primary N) is 1. The third kappa shape index (κ3) is 1.51. The molecule has 0 saturated carbocycles. The fourth-order valence-electron chi connectivity index (χ4n) is 2.26. The van der Waals surface area contributed by atoms with Crippen molar-refractivity contribution in [2.75, 3.05) is 5.73 Å². The smallest absolute Gasteiger partial charge is 0.222 e. The maximum Gasteiger partial charge on any atom is 0.222 e. The highest BCUT2D eigenvalue weighted by Crippen LogP contribution is 2.22. The van der Waals surface area contributed by atoms with Gasteiger partial charge in [0.15, 0.2) is 5.82 Å². The Kier molecular flexibility index (Phi) is 2.17. The van der Waals surface area contributed by atoms with Crippen LogP contribution in [0.2, 0.25) is 0 Å². The summed E-state index contributed by atoms with van der Waals surface area (Å²) in [6.45, 7) is 0. The predicted molar refractivity (Wildman–Crippen MR) is 76.4 cm³/mol. The van der Waals surface area contributed by atoms with E-state index in [1.807, 2.05) is 48.5 Å². The zero-order valence-corrected chi connectivity index (χ0v) is 10.4. The lowest BCUT2D eigenvalue weighted by Gasteiger charge is -2.06. The Morgan fingerprint density at radius 3 is 2.50 bits per heavy atom. The summed E-state index contributed by atoms with van der Waals surface area (Å²) in [5.74, 6) is 0.861. The zero-order valence-electron chi connectivity index (χ0n) is 10.4. The van der Waals surface area contributed by atoms with E-state index in [0.29, 0.717) is 5.82 Å².